The van der Waals surface area contributed by atoms with Gasteiger partial charge in [0.1, 0.15) is 0 Å². The van der Waals surface area contributed by atoms with E-state index in [9.17, 15) is 9.90 Å². The number of amides is 1. The molecule has 0 saturated heterocycles. The topological polar surface area (TPSA) is 49.3 Å². The van der Waals surface area contributed by atoms with E-state index in [0.29, 0.717) is 19.4 Å². The number of aliphatic hydroxyl groups excluding tert-OH is 1. The van der Waals surface area contributed by atoms with E-state index in [4.69, 9.17) is 0 Å². The Kier molecular flexibility index (Phi) is 7.01. The maximum Gasteiger partial charge on any atom is 0.220 e. The first-order valence-electron chi connectivity index (χ1n) is 8.58. The van der Waals surface area contributed by atoms with E-state index in [1.54, 1.807) is 0 Å². The molecule has 0 fully saturated rings. The Labute approximate surface area is 144 Å². The molecule has 2 rings (SSSR count). The minimum Gasteiger partial charge on any atom is -0.396 e. The number of carbonyl (C=O) groups is 1. The molecule has 1 unspecified atom stereocenters. The van der Waals surface area contributed by atoms with E-state index in [1.165, 1.54) is 16.7 Å². The minimum absolute atomic E-state index is 0.0630. The van der Waals surface area contributed by atoms with Crippen LogP contribution in [0.25, 0.3) is 0 Å². The van der Waals surface area contributed by atoms with Crippen LogP contribution in [0, 0.1) is 13.8 Å². The number of hydrogen-bond acceptors (Lipinski definition) is 2. The fourth-order valence-corrected chi connectivity index (χ4v) is 3.06. The lowest BCUT2D eigenvalue weighted by atomic mass is 9.96. The van der Waals surface area contributed by atoms with E-state index in [-0.39, 0.29) is 18.4 Å². The number of benzene rings is 2. The molecule has 3 nitrogen and oxygen atoms in total. The highest BCUT2D eigenvalue weighted by Gasteiger charge is 2.12. The maximum absolute atomic E-state index is 12.2. The van der Waals surface area contributed by atoms with Crippen molar-refractivity contribution in [3.8, 4) is 0 Å². The van der Waals surface area contributed by atoms with Crippen LogP contribution in [-0.4, -0.2) is 24.2 Å². The Bertz CT molecular complexity index is 632. The van der Waals surface area contributed by atoms with Gasteiger partial charge in [0, 0.05) is 25.5 Å². The van der Waals surface area contributed by atoms with Crippen LogP contribution in [0.2, 0.25) is 0 Å². The first kappa shape index (κ1) is 18.2. The first-order valence-corrected chi connectivity index (χ1v) is 8.58. The summed E-state index contributed by atoms with van der Waals surface area (Å²) in [5, 5.41) is 12.3. The Balaban J connectivity index is 1.84. The van der Waals surface area contributed by atoms with Crippen molar-refractivity contribution in [2.45, 2.75) is 39.0 Å². The summed E-state index contributed by atoms with van der Waals surface area (Å²) in [6, 6.07) is 16.5. The van der Waals surface area contributed by atoms with Crippen LogP contribution in [-0.2, 0) is 11.2 Å². The van der Waals surface area contributed by atoms with Gasteiger partial charge in [0.2, 0.25) is 5.91 Å². The molecule has 0 saturated carbocycles. The van der Waals surface area contributed by atoms with Gasteiger partial charge in [-0.2, -0.15) is 0 Å². The molecule has 2 aromatic carbocycles. The number of nitrogens with one attached hydrogen (secondary N) is 1. The van der Waals surface area contributed by atoms with Crippen LogP contribution < -0.4 is 5.32 Å². The first-order chi connectivity index (χ1) is 11.6. The molecule has 0 spiro atoms. The molecule has 0 bridgehead atoms. The summed E-state index contributed by atoms with van der Waals surface area (Å²) in [6.07, 6.45) is 1.90. The normalized spacial score (nSPS) is 12.0. The van der Waals surface area contributed by atoms with E-state index >= 15 is 0 Å². The highest BCUT2D eigenvalue weighted by atomic mass is 16.3. The summed E-state index contributed by atoms with van der Waals surface area (Å²) in [5.41, 5.74) is 4.83. The quantitative estimate of drug-likeness (QED) is 0.780. The molecule has 24 heavy (non-hydrogen) atoms. The third kappa shape index (κ3) is 5.82. The van der Waals surface area contributed by atoms with Crippen molar-refractivity contribution in [1.29, 1.82) is 0 Å². The molecular formula is C21H27NO2. The van der Waals surface area contributed by atoms with Gasteiger partial charge in [-0.05, 0) is 37.8 Å². The summed E-state index contributed by atoms with van der Waals surface area (Å²) in [6.45, 7) is 4.85. The molecule has 2 N–H and O–H groups in total. The second kappa shape index (κ2) is 9.24. The van der Waals surface area contributed by atoms with E-state index in [1.807, 2.05) is 30.3 Å². The Morgan fingerprint density at radius 1 is 1.08 bits per heavy atom. The van der Waals surface area contributed by atoms with Crippen molar-refractivity contribution >= 4 is 5.91 Å². The molecular weight excluding hydrogens is 298 g/mol. The van der Waals surface area contributed by atoms with Crippen LogP contribution >= 0.6 is 0 Å². The summed E-state index contributed by atoms with van der Waals surface area (Å²) >= 11 is 0. The van der Waals surface area contributed by atoms with Gasteiger partial charge < -0.3 is 10.4 Å². The van der Waals surface area contributed by atoms with E-state index in [0.717, 1.165) is 12.0 Å². The Hall–Kier alpha value is -2.13. The average molecular weight is 325 g/mol. The number of rotatable bonds is 8. The van der Waals surface area contributed by atoms with Crippen molar-refractivity contribution in [2.24, 2.45) is 0 Å². The molecule has 1 atom stereocenters. The van der Waals surface area contributed by atoms with Crippen molar-refractivity contribution in [3.05, 3.63) is 70.8 Å². The fraction of sp³-hybridized carbons (Fsp3) is 0.381. The van der Waals surface area contributed by atoms with Gasteiger partial charge in [-0.1, -0.05) is 59.7 Å². The largest absolute Gasteiger partial charge is 0.396 e. The van der Waals surface area contributed by atoms with Crippen molar-refractivity contribution in [2.75, 3.05) is 13.2 Å². The van der Waals surface area contributed by atoms with Crippen LogP contribution in [0.1, 0.15) is 41.0 Å². The van der Waals surface area contributed by atoms with Crippen molar-refractivity contribution < 1.29 is 9.90 Å². The zero-order valence-corrected chi connectivity index (χ0v) is 14.6. The standard InChI is InChI=1S/C21H27NO2/c1-16-12-17(2)14-18(13-16)8-9-21(24)22-15-20(10-11-23)19-6-4-3-5-7-19/h3-7,12-14,20,23H,8-11,15H2,1-2H3,(H,22,24). The predicted octanol–water partition coefficient (Wildman–Crippen LogP) is 3.52. The summed E-state index contributed by atoms with van der Waals surface area (Å²) < 4.78 is 0. The van der Waals surface area contributed by atoms with Gasteiger partial charge in [-0.25, -0.2) is 0 Å². The molecule has 0 aliphatic carbocycles. The molecule has 0 aliphatic rings. The number of carbonyl (C=O) groups excluding carboxylic acids is 1. The summed E-state index contributed by atoms with van der Waals surface area (Å²) in [7, 11) is 0. The fourth-order valence-electron chi connectivity index (χ4n) is 3.06. The molecule has 0 heterocycles. The van der Waals surface area contributed by atoms with Gasteiger partial charge in [-0.3, -0.25) is 4.79 Å². The number of aryl methyl sites for hydroxylation is 3. The molecule has 3 heteroatoms. The molecule has 1 amide bonds. The Morgan fingerprint density at radius 3 is 2.38 bits per heavy atom. The maximum atomic E-state index is 12.2. The number of hydrogen-bond donors (Lipinski definition) is 2. The lowest BCUT2D eigenvalue weighted by Crippen LogP contribution is -2.29. The molecule has 128 valence electrons. The smallest absolute Gasteiger partial charge is 0.220 e. The second-order valence-electron chi connectivity index (χ2n) is 6.42. The monoisotopic (exact) mass is 325 g/mol. The average Bonchev–Trinajstić information content (AvgIpc) is 2.56. The SMILES string of the molecule is Cc1cc(C)cc(CCC(=O)NCC(CCO)c2ccccc2)c1. The van der Waals surface area contributed by atoms with Crippen LogP contribution in [0.4, 0.5) is 0 Å². The van der Waals surface area contributed by atoms with Gasteiger partial charge in [0.05, 0.1) is 0 Å². The summed E-state index contributed by atoms with van der Waals surface area (Å²) in [4.78, 5) is 12.2. The third-order valence-corrected chi connectivity index (χ3v) is 4.22. The van der Waals surface area contributed by atoms with E-state index < -0.39 is 0 Å². The number of aliphatic hydroxyl groups is 1. The molecule has 0 aromatic heterocycles. The highest BCUT2D eigenvalue weighted by Crippen LogP contribution is 2.18. The zero-order chi connectivity index (χ0) is 17.4. The highest BCUT2D eigenvalue weighted by molar-refractivity contribution is 5.76. The molecule has 0 radical (unpaired) electrons. The summed E-state index contributed by atoms with van der Waals surface area (Å²) in [5.74, 6) is 0.217. The van der Waals surface area contributed by atoms with Gasteiger partial charge in [-0.15, -0.1) is 0 Å². The van der Waals surface area contributed by atoms with Crippen LogP contribution in [0.5, 0.6) is 0 Å². The van der Waals surface area contributed by atoms with Crippen LogP contribution in [0.15, 0.2) is 48.5 Å². The van der Waals surface area contributed by atoms with Gasteiger partial charge in [0.15, 0.2) is 0 Å². The van der Waals surface area contributed by atoms with Crippen LogP contribution in [0.3, 0.4) is 0 Å². The van der Waals surface area contributed by atoms with E-state index in [2.05, 4.69) is 37.4 Å². The minimum atomic E-state index is 0.0630. The predicted molar refractivity (Wildman–Crippen MR) is 98.1 cm³/mol. The zero-order valence-electron chi connectivity index (χ0n) is 14.6. The van der Waals surface area contributed by atoms with Gasteiger partial charge in [0.25, 0.3) is 0 Å². The van der Waals surface area contributed by atoms with Gasteiger partial charge >= 0.3 is 0 Å². The van der Waals surface area contributed by atoms with Crippen molar-refractivity contribution in [1.82, 2.24) is 5.32 Å². The third-order valence-electron chi connectivity index (χ3n) is 4.22. The lowest BCUT2D eigenvalue weighted by Gasteiger charge is -2.17. The lowest BCUT2D eigenvalue weighted by molar-refractivity contribution is -0.121. The van der Waals surface area contributed by atoms with Crippen molar-refractivity contribution in [3.63, 3.8) is 0 Å². The Morgan fingerprint density at radius 2 is 1.75 bits per heavy atom. The second-order valence-corrected chi connectivity index (χ2v) is 6.42. The molecule has 2 aromatic rings. The molecule has 0 aliphatic heterocycles.